The van der Waals surface area contributed by atoms with Crippen LogP contribution in [-0.4, -0.2) is 55.2 Å². The molecule has 2 N–H and O–H groups in total. The molecule has 4 heterocycles. The Morgan fingerprint density at radius 1 is 1.09 bits per heavy atom. The molecule has 2 aromatic heterocycles. The maximum Gasteiger partial charge on any atom is 0.191 e. The Morgan fingerprint density at radius 2 is 1.91 bits per heavy atom. The summed E-state index contributed by atoms with van der Waals surface area (Å²) < 4.78 is 0. The fraction of sp³-hybridized carbons (Fsp3) is 0.522. The van der Waals surface area contributed by atoms with Gasteiger partial charge in [0.15, 0.2) is 5.96 Å². The van der Waals surface area contributed by atoms with Gasteiger partial charge in [-0.1, -0.05) is 24.4 Å². The number of halogens is 2. The van der Waals surface area contributed by atoms with Gasteiger partial charge in [-0.25, -0.2) is 9.97 Å². The van der Waals surface area contributed by atoms with Crippen LogP contribution in [0.2, 0.25) is 5.02 Å². The van der Waals surface area contributed by atoms with Gasteiger partial charge < -0.3 is 20.4 Å². The second kappa shape index (κ2) is 12.4. The summed E-state index contributed by atoms with van der Waals surface area (Å²) in [5, 5.41) is 7.69. The molecule has 0 amide bonds. The van der Waals surface area contributed by atoms with Gasteiger partial charge in [-0.05, 0) is 49.1 Å². The van der Waals surface area contributed by atoms with Crippen molar-refractivity contribution in [1.82, 2.24) is 20.6 Å². The van der Waals surface area contributed by atoms with Gasteiger partial charge in [0.05, 0.1) is 5.02 Å². The van der Waals surface area contributed by atoms with E-state index in [9.17, 15) is 0 Å². The predicted octanol–water partition coefficient (Wildman–Crippen LogP) is 4.07. The number of anilines is 2. The molecule has 0 spiro atoms. The highest BCUT2D eigenvalue weighted by Gasteiger charge is 2.25. The van der Waals surface area contributed by atoms with E-state index < -0.39 is 0 Å². The molecule has 0 aliphatic carbocycles. The highest BCUT2D eigenvalue weighted by molar-refractivity contribution is 14.0. The fourth-order valence-corrected chi connectivity index (χ4v) is 4.54. The number of pyridine rings is 2. The maximum absolute atomic E-state index is 6.31. The van der Waals surface area contributed by atoms with Crippen LogP contribution < -0.4 is 20.4 Å². The van der Waals surface area contributed by atoms with Crippen LogP contribution in [0.4, 0.5) is 11.6 Å². The van der Waals surface area contributed by atoms with E-state index in [1.807, 2.05) is 25.4 Å². The van der Waals surface area contributed by atoms with E-state index in [-0.39, 0.29) is 24.0 Å². The van der Waals surface area contributed by atoms with E-state index in [4.69, 9.17) is 11.6 Å². The zero-order valence-electron chi connectivity index (χ0n) is 18.6. The number of aliphatic imine (C=N–C) groups is 1. The van der Waals surface area contributed by atoms with E-state index in [2.05, 4.69) is 47.5 Å². The summed E-state index contributed by atoms with van der Waals surface area (Å²) in [6.45, 7) is 4.70. The van der Waals surface area contributed by atoms with Crippen LogP contribution >= 0.6 is 35.6 Å². The minimum atomic E-state index is 0. The Labute approximate surface area is 213 Å². The lowest BCUT2D eigenvalue weighted by molar-refractivity contribution is 0.648. The first kappa shape index (κ1) is 24.8. The maximum atomic E-state index is 6.31. The number of nitrogens with zero attached hydrogens (tertiary/aromatic N) is 5. The number of hydrogen-bond acceptors (Lipinski definition) is 5. The first-order valence-electron chi connectivity index (χ1n) is 11.3. The SMILES string of the molecule is CN=C(NCc1ccnc(N2CCCCCC2)c1)NC1CCN(c2ncccc2Cl)C1.I. The molecule has 0 bridgehead atoms. The molecule has 2 saturated heterocycles. The standard InChI is InChI=1S/C23H32ClN7.HI/c1-25-23(29-19-9-14-31(17-19)22-20(24)7-6-10-27-22)28-16-18-8-11-26-21(15-18)30-12-4-2-3-5-13-30;/h6-8,10-11,15,19H,2-5,9,12-14,16-17H2,1H3,(H2,25,28,29);1H. The number of hydrogen-bond donors (Lipinski definition) is 2. The molecular formula is C23H33ClIN7. The van der Waals surface area contributed by atoms with Crippen LogP contribution in [-0.2, 0) is 6.54 Å². The van der Waals surface area contributed by atoms with E-state index in [0.29, 0.717) is 17.6 Å². The molecule has 1 atom stereocenters. The van der Waals surface area contributed by atoms with Gasteiger partial charge in [-0.3, -0.25) is 4.99 Å². The van der Waals surface area contributed by atoms with Crippen LogP contribution in [0.1, 0.15) is 37.7 Å². The summed E-state index contributed by atoms with van der Waals surface area (Å²) in [6.07, 6.45) is 9.87. The molecule has 1 unspecified atom stereocenters. The largest absolute Gasteiger partial charge is 0.357 e. The van der Waals surface area contributed by atoms with Crippen LogP contribution in [0.15, 0.2) is 41.7 Å². The average Bonchev–Trinajstić information content (AvgIpc) is 3.08. The van der Waals surface area contributed by atoms with Crippen LogP contribution in [0, 0.1) is 0 Å². The first-order chi connectivity index (χ1) is 15.2. The van der Waals surface area contributed by atoms with Gasteiger partial charge in [0, 0.05) is 58.2 Å². The van der Waals surface area contributed by atoms with Crippen molar-refractivity contribution < 1.29 is 0 Å². The lowest BCUT2D eigenvalue weighted by Crippen LogP contribution is -2.44. The second-order valence-corrected chi connectivity index (χ2v) is 8.64. The Balaban J connectivity index is 0.00000289. The van der Waals surface area contributed by atoms with Crippen molar-refractivity contribution in [3.63, 3.8) is 0 Å². The van der Waals surface area contributed by atoms with Crippen molar-refractivity contribution >= 4 is 53.2 Å². The molecule has 2 fully saturated rings. The van der Waals surface area contributed by atoms with Crippen molar-refractivity contribution in [3.05, 3.63) is 47.2 Å². The van der Waals surface area contributed by atoms with E-state index >= 15 is 0 Å². The van der Waals surface area contributed by atoms with E-state index in [1.165, 1.54) is 31.2 Å². The quantitative estimate of drug-likeness (QED) is 0.322. The molecule has 2 aromatic rings. The zero-order valence-corrected chi connectivity index (χ0v) is 21.7. The van der Waals surface area contributed by atoms with Gasteiger partial charge in [0.25, 0.3) is 0 Å². The third kappa shape index (κ3) is 6.60. The third-order valence-corrected chi connectivity index (χ3v) is 6.29. The number of guanidine groups is 1. The first-order valence-corrected chi connectivity index (χ1v) is 11.6. The van der Waals surface area contributed by atoms with Gasteiger partial charge in [-0.2, -0.15) is 0 Å². The monoisotopic (exact) mass is 569 g/mol. The lowest BCUT2D eigenvalue weighted by Gasteiger charge is -2.22. The van der Waals surface area contributed by atoms with Crippen LogP contribution in [0.5, 0.6) is 0 Å². The molecule has 2 aliphatic rings. The molecule has 0 radical (unpaired) electrons. The number of rotatable bonds is 5. The summed E-state index contributed by atoms with van der Waals surface area (Å²) in [5.41, 5.74) is 1.21. The minimum Gasteiger partial charge on any atom is -0.357 e. The average molecular weight is 570 g/mol. The lowest BCUT2D eigenvalue weighted by atomic mass is 10.2. The van der Waals surface area contributed by atoms with E-state index in [0.717, 1.165) is 50.2 Å². The molecular weight excluding hydrogens is 537 g/mol. The zero-order chi connectivity index (χ0) is 21.5. The van der Waals surface area contributed by atoms with Crippen molar-refractivity contribution in [2.45, 2.75) is 44.7 Å². The summed E-state index contributed by atoms with van der Waals surface area (Å²) in [7, 11) is 1.81. The molecule has 2 aliphatic heterocycles. The summed E-state index contributed by atoms with van der Waals surface area (Å²) >= 11 is 6.31. The van der Waals surface area contributed by atoms with Gasteiger partial charge in [-0.15, -0.1) is 24.0 Å². The molecule has 174 valence electrons. The van der Waals surface area contributed by atoms with Crippen molar-refractivity contribution in [2.24, 2.45) is 4.99 Å². The number of aromatic nitrogens is 2. The van der Waals surface area contributed by atoms with E-state index in [1.54, 1.807) is 6.20 Å². The van der Waals surface area contributed by atoms with Crippen molar-refractivity contribution in [2.75, 3.05) is 43.0 Å². The smallest absolute Gasteiger partial charge is 0.191 e. The van der Waals surface area contributed by atoms with Gasteiger partial charge >= 0.3 is 0 Å². The molecule has 4 rings (SSSR count). The Morgan fingerprint density at radius 3 is 2.66 bits per heavy atom. The molecule has 32 heavy (non-hydrogen) atoms. The molecule has 7 nitrogen and oxygen atoms in total. The van der Waals surface area contributed by atoms with Crippen molar-refractivity contribution in [3.8, 4) is 0 Å². The van der Waals surface area contributed by atoms with Crippen LogP contribution in [0.25, 0.3) is 0 Å². The number of nitrogens with one attached hydrogen (secondary N) is 2. The summed E-state index contributed by atoms with van der Waals surface area (Å²) in [4.78, 5) is 18.1. The molecule has 0 saturated carbocycles. The van der Waals surface area contributed by atoms with Gasteiger partial charge in [0.1, 0.15) is 11.6 Å². The Bertz CT molecular complexity index is 886. The fourth-order valence-electron chi connectivity index (χ4n) is 4.30. The minimum absolute atomic E-state index is 0. The predicted molar refractivity (Wildman–Crippen MR) is 144 cm³/mol. The summed E-state index contributed by atoms with van der Waals surface area (Å²) in [5.74, 6) is 2.75. The molecule has 0 aromatic carbocycles. The highest BCUT2D eigenvalue weighted by atomic mass is 127. The molecule has 9 heteroatoms. The van der Waals surface area contributed by atoms with Gasteiger partial charge in [0.2, 0.25) is 0 Å². The second-order valence-electron chi connectivity index (χ2n) is 8.23. The van der Waals surface area contributed by atoms with Crippen LogP contribution in [0.3, 0.4) is 0 Å². The van der Waals surface area contributed by atoms with Crippen molar-refractivity contribution in [1.29, 1.82) is 0 Å². The normalized spacial score (nSPS) is 19.3. The summed E-state index contributed by atoms with van der Waals surface area (Å²) in [6, 6.07) is 8.32. The third-order valence-electron chi connectivity index (χ3n) is 5.99. The highest BCUT2D eigenvalue weighted by Crippen LogP contribution is 2.25. The topological polar surface area (TPSA) is 68.7 Å². The Kier molecular flexibility index (Phi) is 9.65. The Hall–Kier alpha value is -1.81.